The number of nitrogens with one attached hydrogen (secondary N) is 1. The smallest absolute Gasteiger partial charge is 0.326 e. The predicted octanol–water partition coefficient (Wildman–Crippen LogP) is 4.50. The number of hydrogen-bond acceptors (Lipinski definition) is 6. The van der Waals surface area contributed by atoms with Crippen LogP contribution in [-0.4, -0.2) is 53.1 Å². The zero-order chi connectivity index (χ0) is 23.5. The third-order valence-corrected chi connectivity index (χ3v) is 6.80. The van der Waals surface area contributed by atoms with Crippen LogP contribution in [0.3, 0.4) is 0 Å². The second kappa shape index (κ2) is 13.6. The quantitative estimate of drug-likeness (QED) is 0.353. The number of hydroxylamine groups is 1. The van der Waals surface area contributed by atoms with Crippen molar-refractivity contribution in [2.24, 2.45) is 5.92 Å². The van der Waals surface area contributed by atoms with Gasteiger partial charge in [-0.3, -0.25) is 4.79 Å². The van der Waals surface area contributed by atoms with Crippen molar-refractivity contribution >= 4 is 23.6 Å². The number of aliphatic hydroxyl groups excluding tert-OH is 1. The van der Waals surface area contributed by atoms with E-state index in [-0.39, 0.29) is 5.97 Å². The van der Waals surface area contributed by atoms with Crippen molar-refractivity contribution in [2.75, 3.05) is 19.6 Å². The lowest BCUT2D eigenvalue weighted by molar-refractivity contribution is -0.153. The standard InChI is InChI=1S/C27H36N2O3S/c1-2-9-25(30)24(20-33)28-32-26(31)16-19-29-17-14-23(15-18-29)27(21-10-5-3-6-11-21)22-12-7-4-8-13-22/h3-8,10-13,20,23-25,27-28,30H,2,9,14-19H2,1H3/t24-,25?/m0/s1. The molecule has 2 aromatic carbocycles. The summed E-state index contributed by atoms with van der Waals surface area (Å²) in [5.41, 5.74) is 5.36. The van der Waals surface area contributed by atoms with Crippen LogP contribution in [0.25, 0.3) is 0 Å². The Morgan fingerprint density at radius 2 is 1.70 bits per heavy atom. The number of benzene rings is 2. The maximum Gasteiger partial charge on any atom is 0.326 e. The topological polar surface area (TPSA) is 61.8 Å². The Labute approximate surface area is 203 Å². The van der Waals surface area contributed by atoms with Gasteiger partial charge >= 0.3 is 5.97 Å². The van der Waals surface area contributed by atoms with Crippen molar-refractivity contribution in [3.05, 3.63) is 71.8 Å². The molecule has 1 saturated heterocycles. The van der Waals surface area contributed by atoms with E-state index in [4.69, 9.17) is 17.1 Å². The molecule has 178 valence electrons. The number of carbonyl (C=O) groups is 1. The van der Waals surface area contributed by atoms with E-state index in [1.165, 1.54) is 16.5 Å². The SMILES string of the molecule is CCCC(O)[C@H](C=S)NOC(=O)CCN1CCC(C(c2ccccc2)c2ccccc2)CC1. The lowest BCUT2D eigenvalue weighted by atomic mass is 9.76. The monoisotopic (exact) mass is 468 g/mol. The number of nitrogens with zero attached hydrogens (tertiary/aromatic N) is 1. The van der Waals surface area contributed by atoms with Crippen molar-refractivity contribution in [1.29, 1.82) is 0 Å². The van der Waals surface area contributed by atoms with Crippen molar-refractivity contribution in [3.8, 4) is 0 Å². The molecule has 0 saturated carbocycles. The first-order chi connectivity index (χ1) is 16.1. The highest BCUT2D eigenvalue weighted by molar-refractivity contribution is 7.79. The van der Waals surface area contributed by atoms with Crippen molar-refractivity contribution in [1.82, 2.24) is 10.4 Å². The van der Waals surface area contributed by atoms with E-state index in [2.05, 4.69) is 71.0 Å². The fourth-order valence-electron chi connectivity index (χ4n) is 4.67. The summed E-state index contributed by atoms with van der Waals surface area (Å²) < 4.78 is 0. The molecule has 1 fully saturated rings. The van der Waals surface area contributed by atoms with Crippen LogP contribution >= 0.6 is 12.2 Å². The Kier molecular flexibility index (Phi) is 10.5. The minimum absolute atomic E-state index is 0.312. The normalized spacial score (nSPS) is 16.9. The van der Waals surface area contributed by atoms with Gasteiger partial charge in [0, 0.05) is 17.8 Å². The van der Waals surface area contributed by atoms with Gasteiger partial charge in [-0.15, -0.1) is 5.48 Å². The van der Waals surface area contributed by atoms with Gasteiger partial charge in [0.05, 0.1) is 18.6 Å². The Balaban J connectivity index is 1.48. The highest BCUT2D eigenvalue weighted by atomic mass is 32.1. The fraction of sp³-hybridized carbons (Fsp3) is 0.481. The number of likely N-dealkylation sites (tertiary alicyclic amines) is 1. The zero-order valence-electron chi connectivity index (χ0n) is 19.4. The number of aliphatic hydroxyl groups is 1. The molecule has 3 rings (SSSR count). The molecule has 1 unspecified atom stereocenters. The van der Waals surface area contributed by atoms with Gasteiger partial charge in [0.25, 0.3) is 0 Å². The summed E-state index contributed by atoms with van der Waals surface area (Å²) in [5.74, 6) is 0.641. The highest BCUT2D eigenvalue weighted by Gasteiger charge is 2.29. The van der Waals surface area contributed by atoms with Gasteiger partial charge < -0.3 is 14.8 Å². The first-order valence-corrected chi connectivity index (χ1v) is 12.5. The molecule has 6 heteroatoms. The number of carbonyl (C=O) groups excluding carboxylic acids is 1. The fourth-order valence-corrected chi connectivity index (χ4v) is 4.91. The number of rotatable bonds is 12. The van der Waals surface area contributed by atoms with E-state index in [0.717, 1.165) is 32.4 Å². The summed E-state index contributed by atoms with van der Waals surface area (Å²) in [7, 11) is 0. The number of piperidine rings is 1. The summed E-state index contributed by atoms with van der Waals surface area (Å²) in [4.78, 5) is 19.7. The van der Waals surface area contributed by atoms with Crippen LogP contribution in [0, 0.1) is 5.92 Å². The molecule has 2 N–H and O–H groups in total. The second-order valence-electron chi connectivity index (χ2n) is 8.84. The molecule has 1 heterocycles. The van der Waals surface area contributed by atoms with Gasteiger partial charge in [-0.1, -0.05) is 86.2 Å². The van der Waals surface area contributed by atoms with Crippen molar-refractivity contribution in [3.63, 3.8) is 0 Å². The summed E-state index contributed by atoms with van der Waals surface area (Å²) in [6.07, 6.45) is 3.29. The Morgan fingerprint density at radius 3 is 2.21 bits per heavy atom. The maximum atomic E-state index is 12.2. The van der Waals surface area contributed by atoms with Crippen LogP contribution in [0.2, 0.25) is 0 Å². The third kappa shape index (κ3) is 7.71. The molecule has 0 spiro atoms. The van der Waals surface area contributed by atoms with Crippen LogP contribution in [-0.2, 0) is 9.63 Å². The summed E-state index contributed by atoms with van der Waals surface area (Å²) in [5, 5.41) is 11.4. The lowest BCUT2D eigenvalue weighted by Crippen LogP contribution is -2.42. The second-order valence-corrected chi connectivity index (χ2v) is 9.11. The number of thiocarbonyl (C=S) groups is 1. The van der Waals surface area contributed by atoms with Crippen LogP contribution in [0.15, 0.2) is 60.7 Å². The molecule has 2 atom stereocenters. The number of hydrogen-bond donors (Lipinski definition) is 2. The van der Waals surface area contributed by atoms with E-state index >= 15 is 0 Å². The zero-order valence-corrected chi connectivity index (χ0v) is 20.3. The first-order valence-electron chi connectivity index (χ1n) is 12.0. The Hall–Kier alpha value is -2.12. The van der Waals surface area contributed by atoms with Crippen LogP contribution in [0.5, 0.6) is 0 Å². The molecule has 0 radical (unpaired) electrons. The molecule has 1 aliphatic heterocycles. The molecule has 0 amide bonds. The largest absolute Gasteiger partial charge is 0.391 e. The summed E-state index contributed by atoms with van der Waals surface area (Å²) >= 11 is 4.94. The minimum atomic E-state index is -0.651. The molecular formula is C27H36N2O3S. The average Bonchev–Trinajstić information content (AvgIpc) is 2.85. The van der Waals surface area contributed by atoms with Crippen LogP contribution < -0.4 is 5.48 Å². The van der Waals surface area contributed by atoms with Crippen LogP contribution in [0.4, 0.5) is 0 Å². The minimum Gasteiger partial charge on any atom is -0.391 e. The van der Waals surface area contributed by atoms with E-state index in [9.17, 15) is 9.90 Å². The summed E-state index contributed by atoms with van der Waals surface area (Å²) in [6.45, 7) is 4.60. The molecular weight excluding hydrogens is 432 g/mol. The molecule has 33 heavy (non-hydrogen) atoms. The van der Waals surface area contributed by atoms with Gasteiger partial charge in [-0.2, -0.15) is 0 Å². The maximum absolute atomic E-state index is 12.2. The van der Waals surface area contributed by atoms with Gasteiger partial charge in [0.1, 0.15) is 0 Å². The molecule has 2 aromatic rings. The van der Waals surface area contributed by atoms with E-state index in [1.807, 2.05) is 6.92 Å². The van der Waals surface area contributed by atoms with E-state index in [0.29, 0.717) is 31.2 Å². The Morgan fingerprint density at radius 1 is 1.12 bits per heavy atom. The molecule has 0 aromatic heterocycles. The molecule has 0 aliphatic carbocycles. The third-order valence-electron chi connectivity index (χ3n) is 6.51. The molecule has 5 nitrogen and oxygen atoms in total. The average molecular weight is 469 g/mol. The van der Waals surface area contributed by atoms with Crippen molar-refractivity contribution < 1.29 is 14.7 Å². The highest BCUT2D eigenvalue weighted by Crippen LogP contribution is 2.37. The summed E-state index contributed by atoms with van der Waals surface area (Å²) in [6, 6.07) is 21.0. The molecule has 0 bridgehead atoms. The van der Waals surface area contributed by atoms with E-state index in [1.54, 1.807) is 0 Å². The molecule has 1 aliphatic rings. The van der Waals surface area contributed by atoms with Gasteiger partial charge in [-0.25, -0.2) is 0 Å². The van der Waals surface area contributed by atoms with Gasteiger partial charge in [0.15, 0.2) is 0 Å². The van der Waals surface area contributed by atoms with Crippen LogP contribution in [0.1, 0.15) is 56.1 Å². The van der Waals surface area contributed by atoms with E-state index < -0.39 is 12.1 Å². The van der Waals surface area contributed by atoms with Gasteiger partial charge in [0.2, 0.25) is 0 Å². The first kappa shape index (κ1) is 25.5. The van der Waals surface area contributed by atoms with Gasteiger partial charge in [-0.05, 0) is 49.4 Å². The Bertz CT molecular complexity index is 801. The predicted molar refractivity (Wildman–Crippen MR) is 136 cm³/mol. The van der Waals surface area contributed by atoms with Crippen molar-refractivity contribution in [2.45, 2.75) is 57.1 Å². The lowest BCUT2D eigenvalue weighted by Gasteiger charge is -2.36.